The van der Waals surface area contributed by atoms with Crippen LogP contribution in [-0.2, 0) is 43.1 Å². The third kappa shape index (κ3) is 157. The van der Waals surface area contributed by atoms with Crippen LogP contribution in [0.3, 0.4) is 0 Å². The molecule has 0 aliphatic carbocycles. The van der Waals surface area contributed by atoms with E-state index >= 15 is 0 Å². The quantitative estimate of drug-likeness (QED) is 0.209. The summed E-state index contributed by atoms with van der Waals surface area (Å²) in [6.07, 6.45) is 0. The first-order chi connectivity index (χ1) is 9.00. The van der Waals surface area contributed by atoms with Gasteiger partial charge in [-0.2, -0.15) is 50.2 Å². The molecule has 11 heteroatoms. The van der Waals surface area contributed by atoms with Crippen molar-refractivity contribution in [2.75, 3.05) is 0 Å². The molecule has 21 heavy (non-hydrogen) atoms. The Balaban J connectivity index is -0.0000000536. The smallest absolute Gasteiger partial charge is 0.319 e. The van der Waals surface area contributed by atoms with Gasteiger partial charge in [0.2, 0.25) is 0 Å². The van der Waals surface area contributed by atoms with E-state index in [-0.39, 0.29) is 19.5 Å². The predicted molar refractivity (Wildman–Crippen MR) is 89.2 cm³/mol. The van der Waals surface area contributed by atoms with Crippen molar-refractivity contribution in [3.63, 3.8) is 0 Å². The molecule has 0 amide bonds. The summed E-state index contributed by atoms with van der Waals surface area (Å²) in [5.74, 6) is 0. The van der Waals surface area contributed by atoms with Crippen LogP contribution in [0.5, 0.6) is 0 Å². The summed E-state index contributed by atoms with van der Waals surface area (Å²) in [6, 6.07) is 12.5. The van der Waals surface area contributed by atoms with E-state index in [1.807, 2.05) is 30.3 Å². The fraction of sp³-hybridized carbons (Fsp3) is 0.200. The molecule has 0 fully saturated rings. The predicted octanol–water partition coefficient (Wildman–Crippen LogP) is 1.54. The van der Waals surface area contributed by atoms with E-state index in [4.69, 9.17) is 29.4 Å². The van der Waals surface area contributed by atoms with Gasteiger partial charge in [-0.25, -0.2) is 0 Å². The number of hydrogen-bond donors (Lipinski definition) is 6. The molecule has 0 atom stereocenters. The summed E-state index contributed by atoms with van der Waals surface area (Å²) >= 11 is 7.21. The van der Waals surface area contributed by atoms with Crippen molar-refractivity contribution >= 4 is 37.1 Å². The van der Waals surface area contributed by atoms with Crippen LogP contribution < -0.4 is 0 Å². The van der Waals surface area contributed by atoms with Crippen molar-refractivity contribution in [3.05, 3.63) is 50.2 Å². The maximum absolute atomic E-state index is 7.56. The van der Waals surface area contributed by atoms with Gasteiger partial charge in [0.15, 0.2) is 0 Å². The second-order valence-corrected chi connectivity index (χ2v) is 7.10. The van der Waals surface area contributed by atoms with Crippen LogP contribution >= 0.6 is 13.4 Å². The average Bonchev–Trinajstić information content (AvgIpc) is 2.32. The third-order valence-electron chi connectivity index (χ3n) is 0.607. The number of benzene rings is 1. The first-order valence-corrected chi connectivity index (χ1v) is 10.2. The fourth-order valence-corrected chi connectivity index (χ4v) is 0.342. The minimum absolute atomic E-state index is 0. The van der Waals surface area contributed by atoms with Gasteiger partial charge >= 0.3 is 13.4 Å². The normalized spacial score (nSPS) is 8.48. The average molecular weight is 429 g/mol. The summed E-state index contributed by atoms with van der Waals surface area (Å²) in [5, 5.41) is 0. The van der Waals surface area contributed by atoms with Crippen molar-refractivity contribution in [1.82, 2.24) is 0 Å². The second kappa shape index (κ2) is 23.2. The molecular formula is C10H21O6P2S2Zn-3. The Morgan fingerprint density at radius 3 is 0.952 bits per heavy atom. The van der Waals surface area contributed by atoms with Crippen LogP contribution in [-0.4, -0.2) is 29.4 Å². The van der Waals surface area contributed by atoms with Gasteiger partial charge in [0.25, 0.3) is 0 Å². The number of rotatable bonds is 0. The van der Waals surface area contributed by atoms with Crippen LogP contribution in [0, 0.1) is 19.9 Å². The summed E-state index contributed by atoms with van der Waals surface area (Å²) in [4.78, 5) is 45.3. The first kappa shape index (κ1) is 33.5. The monoisotopic (exact) mass is 427 g/mol. The Morgan fingerprint density at radius 2 is 0.905 bits per heavy atom. The van der Waals surface area contributed by atoms with E-state index in [0.29, 0.717) is 0 Å². The van der Waals surface area contributed by atoms with Crippen molar-refractivity contribution < 1.29 is 48.8 Å². The molecule has 0 aliphatic rings. The molecule has 124 valence electrons. The molecule has 1 aromatic rings. The van der Waals surface area contributed by atoms with Crippen molar-refractivity contribution in [2.24, 2.45) is 0 Å². The molecule has 0 aliphatic heterocycles. The van der Waals surface area contributed by atoms with Gasteiger partial charge in [-0.15, -0.1) is 0 Å². The summed E-state index contributed by atoms with van der Waals surface area (Å²) in [5.41, 5.74) is 0. The Kier molecular flexibility index (Phi) is 37.0. The van der Waals surface area contributed by atoms with Gasteiger partial charge in [0.1, 0.15) is 0 Å². The zero-order chi connectivity index (χ0) is 17.2. The van der Waals surface area contributed by atoms with E-state index in [1.54, 1.807) is 13.8 Å². The SMILES string of the molecule is OP(O)(O)=S.OP(O)(O)=S.[CH2-]C.[CH2-]C.[Zn].[c-]1ccccc1. The molecule has 0 aromatic heterocycles. The Bertz CT molecular complexity index is 295. The van der Waals surface area contributed by atoms with Crippen LogP contribution in [0.2, 0.25) is 0 Å². The summed E-state index contributed by atoms with van der Waals surface area (Å²) < 4.78 is 0. The molecule has 6 nitrogen and oxygen atoms in total. The molecule has 1 rings (SSSR count). The standard InChI is InChI=1S/C6H5.2C2H5.2H3O3PS.Zn/c1-2-4-6-5-3-1;2*1-2;2*1-4(2,3)5;/h1-5H;2*1H2,2H3;2*(H3,1,2,3,5);/q3*-1;;;. The molecule has 0 saturated carbocycles. The molecular weight excluding hydrogens is 408 g/mol. The maximum Gasteiger partial charge on any atom is 0.319 e. The molecule has 6 N–H and O–H groups in total. The van der Waals surface area contributed by atoms with Crippen molar-refractivity contribution in [3.8, 4) is 0 Å². The summed E-state index contributed by atoms with van der Waals surface area (Å²) in [7, 11) is 0. The topological polar surface area (TPSA) is 121 Å². The van der Waals surface area contributed by atoms with E-state index in [0.717, 1.165) is 0 Å². The molecule has 0 heterocycles. The molecule has 0 spiro atoms. The minimum atomic E-state index is -3.81. The molecule has 0 unspecified atom stereocenters. The fourth-order valence-electron chi connectivity index (χ4n) is 0.342. The van der Waals surface area contributed by atoms with E-state index in [1.165, 1.54) is 0 Å². The second-order valence-electron chi connectivity index (χ2n) is 2.10. The van der Waals surface area contributed by atoms with Gasteiger partial charge in [-0.3, -0.25) is 0 Å². The minimum Gasteiger partial charge on any atom is -0.346 e. The largest absolute Gasteiger partial charge is 0.346 e. The van der Waals surface area contributed by atoms with Gasteiger partial charge in [-0.1, -0.05) is 0 Å². The summed E-state index contributed by atoms with van der Waals surface area (Å²) in [6.45, 7) is 2.39. The van der Waals surface area contributed by atoms with Gasteiger partial charge < -0.3 is 43.2 Å². The van der Waals surface area contributed by atoms with Crippen LogP contribution in [0.1, 0.15) is 13.8 Å². The Hall–Kier alpha value is 0.903. The zero-order valence-corrected chi connectivity index (χ0v) is 18.3. The van der Waals surface area contributed by atoms with E-state index in [9.17, 15) is 0 Å². The molecule has 0 saturated heterocycles. The Morgan fingerprint density at radius 1 is 0.714 bits per heavy atom. The van der Waals surface area contributed by atoms with Crippen LogP contribution in [0.4, 0.5) is 0 Å². The maximum atomic E-state index is 7.56. The molecule has 1 aromatic carbocycles. The zero-order valence-electron chi connectivity index (χ0n) is 11.9. The van der Waals surface area contributed by atoms with Crippen molar-refractivity contribution in [1.29, 1.82) is 0 Å². The number of hydrogen-bond acceptors (Lipinski definition) is 2. The van der Waals surface area contributed by atoms with E-state index < -0.39 is 13.4 Å². The first-order valence-electron chi connectivity index (χ1n) is 4.89. The third-order valence-corrected chi connectivity index (χ3v) is 0.607. The molecule has 0 bridgehead atoms. The van der Waals surface area contributed by atoms with E-state index in [2.05, 4.69) is 43.5 Å². The Labute approximate surface area is 149 Å². The van der Waals surface area contributed by atoms with Crippen molar-refractivity contribution in [2.45, 2.75) is 13.8 Å². The van der Waals surface area contributed by atoms with Crippen LogP contribution in [0.15, 0.2) is 30.3 Å². The molecule has 0 radical (unpaired) electrons. The van der Waals surface area contributed by atoms with Gasteiger partial charge in [0.05, 0.1) is 0 Å². The van der Waals surface area contributed by atoms with Crippen LogP contribution in [0.25, 0.3) is 0 Å². The van der Waals surface area contributed by atoms with Gasteiger partial charge in [0, 0.05) is 19.5 Å². The van der Waals surface area contributed by atoms with Gasteiger partial charge in [-0.05, 0) is 23.6 Å².